The molecule has 0 saturated carbocycles. The molecule has 0 saturated heterocycles. The second-order valence-corrected chi connectivity index (χ2v) is 4.20. The van der Waals surface area contributed by atoms with Gasteiger partial charge in [-0.15, -0.1) is 0 Å². The number of hydrogen-bond acceptors (Lipinski definition) is 3. The zero-order valence-corrected chi connectivity index (χ0v) is 9.40. The summed E-state index contributed by atoms with van der Waals surface area (Å²) in [6.45, 7) is 3.20. The lowest BCUT2D eigenvalue weighted by molar-refractivity contribution is -0.155. The van der Waals surface area contributed by atoms with E-state index < -0.39 is 12.1 Å². The van der Waals surface area contributed by atoms with E-state index in [-0.39, 0.29) is 11.7 Å². The number of hydrogen-bond donors (Lipinski definition) is 0. The maximum atomic E-state index is 11.9. The SMILES string of the molecule is CC(=O)OC1C(=O)C(C)Cc2ccccc21. The third-order valence-electron chi connectivity index (χ3n) is 2.89. The number of Topliss-reactive ketones (excluding diaryl/α,β-unsaturated/α-hetero) is 1. The Hall–Kier alpha value is -1.64. The van der Waals surface area contributed by atoms with Crippen molar-refractivity contribution in [3.63, 3.8) is 0 Å². The van der Waals surface area contributed by atoms with Crippen molar-refractivity contribution in [3.8, 4) is 0 Å². The van der Waals surface area contributed by atoms with E-state index in [1.807, 2.05) is 31.2 Å². The van der Waals surface area contributed by atoms with Crippen molar-refractivity contribution in [1.29, 1.82) is 0 Å². The second-order valence-electron chi connectivity index (χ2n) is 4.20. The van der Waals surface area contributed by atoms with Gasteiger partial charge >= 0.3 is 5.97 Å². The zero-order valence-electron chi connectivity index (χ0n) is 9.40. The monoisotopic (exact) mass is 218 g/mol. The predicted molar refractivity (Wildman–Crippen MR) is 58.8 cm³/mol. The minimum absolute atomic E-state index is 0.00565. The molecule has 2 atom stereocenters. The third-order valence-corrected chi connectivity index (χ3v) is 2.89. The number of ether oxygens (including phenoxy) is 1. The Morgan fingerprint density at radius 2 is 2.06 bits per heavy atom. The van der Waals surface area contributed by atoms with Gasteiger partial charge in [0.05, 0.1) is 0 Å². The topological polar surface area (TPSA) is 43.4 Å². The first-order chi connectivity index (χ1) is 7.59. The molecule has 84 valence electrons. The van der Waals surface area contributed by atoms with Gasteiger partial charge in [-0.05, 0) is 12.0 Å². The van der Waals surface area contributed by atoms with Crippen molar-refractivity contribution in [1.82, 2.24) is 0 Å². The van der Waals surface area contributed by atoms with Crippen molar-refractivity contribution in [3.05, 3.63) is 35.4 Å². The van der Waals surface area contributed by atoms with Gasteiger partial charge in [-0.2, -0.15) is 0 Å². The van der Waals surface area contributed by atoms with Crippen LogP contribution in [0.2, 0.25) is 0 Å². The standard InChI is InChI=1S/C13H14O3/c1-8-7-10-5-3-4-6-11(10)13(12(8)15)16-9(2)14/h3-6,8,13H,7H2,1-2H3. The molecule has 1 aromatic carbocycles. The zero-order chi connectivity index (χ0) is 11.7. The Balaban J connectivity index is 2.41. The number of carbonyl (C=O) groups is 2. The van der Waals surface area contributed by atoms with Crippen molar-refractivity contribution >= 4 is 11.8 Å². The quantitative estimate of drug-likeness (QED) is 0.677. The van der Waals surface area contributed by atoms with Crippen LogP contribution in [0.1, 0.15) is 31.1 Å². The average molecular weight is 218 g/mol. The molecule has 3 nitrogen and oxygen atoms in total. The molecule has 2 rings (SSSR count). The molecule has 1 aliphatic rings. The molecule has 2 unspecified atom stereocenters. The molecule has 1 aromatic rings. The molecular formula is C13H14O3. The lowest BCUT2D eigenvalue weighted by Crippen LogP contribution is -2.30. The van der Waals surface area contributed by atoms with Gasteiger partial charge in [-0.3, -0.25) is 9.59 Å². The maximum Gasteiger partial charge on any atom is 0.303 e. The minimum atomic E-state index is -0.711. The van der Waals surface area contributed by atoms with E-state index >= 15 is 0 Å². The lowest BCUT2D eigenvalue weighted by atomic mass is 9.82. The van der Waals surface area contributed by atoms with Crippen molar-refractivity contribution in [2.45, 2.75) is 26.4 Å². The number of fused-ring (bicyclic) bond motifs is 1. The van der Waals surface area contributed by atoms with Crippen LogP contribution in [0.25, 0.3) is 0 Å². The molecule has 0 aliphatic heterocycles. The minimum Gasteiger partial charge on any atom is -0.450 e. The summed E-state index contributed by atoms with van der Waals surface area (Å²) in [5.74, 6) is -0.504. The Kier molecular flexibility index (Phi) is 2.77. The van der Waals surface area contributed by atoms with Gasteiger partial charge in [-0.25, -0.2) is 0 Å². The summed E-state index contributed by atoms with van der Waals surface area (Å²) in [7, 11) is 0. The maximum absolute atomic E-state index is 11.9. The number of carbonyl (C=O) groups excluding carboxylic acids is 2. The summed E-state index contributed by atoms with van der Waals surface area (Å²) < 4.78 is 5.11. The number of rotatable bonds is 1. The van der Waals surface area contributed by atoms with E-state index in [1.54, 1.807) is 0 Å². The van der Waals surface area contributed by atoms with E-state index in [9.17, 15) is 9.59 Å². The van der Waals surface area contributed by atoms with Crippen LogP contribution in [-0.4, -0.2) is 11.8 Å². The first kappa shape index (κ1) is 10.9. The van der Waals surface area contributed by atoms with E-state index in [0.717, 1.165) is 17.5 Å². The van der Waals surface area contributed by atoms with Crippen molar-refractivity contribution < 1.29 is 14.3 Å². The summed E-state index contributed by atoms with van der Waals surface area (Å²) in [5.41, 5.74) is 1.93. The molecule has 0 fully saturated rings. The van der Waals surface area contributed by atoms with Crippen LogP contribution < -0.4 is 0 Å². The van der Waals surface area contributed by atoms with Gasteiger partial charge < -0.3 is 4.74 Å². The molecule has 0 N–H and O–H groups in total. The molecule has 3 heteroatoms. The Labute approximate surface area is 94.4 Å². The van der Waals surface area contributed by atoms with Gasteiger partial charge in [-0.1, -0.05) is 31.2 Å². The van der Waals surface area contributed by atoms with Crippen LogP contribution in [0.4, 0.5) is 0 Å². The fourth-order valence-electron chi connectivity index (χ4n) is 2.11. The Bertz CT molecular complexity index is 437. The first-order valence-electron chi connectivity index (χ1n) is 5.38. The van der Waals surface area contributed by atoms with Crippen LogP contribution in [-0.2, 0) is 20.7 Å². The number of esters is 1. The predicted octanol–water partition coefficient (Wildman–Crippen LogP) is 2.05. The van der Waals surface area contributed by atoms with Crippen LogP contribution in [0.15, 0.2) is 24.3 Å². The normalized spacial score (nSPS) is 23.8. The Morgan fingerprint density at radius 3 is 2.75 bits per heavy atom. The van der Waals surface area contributed by atoms with Crippen LogP contribution >= 0.6 is 0 Å². The van der Waals surface area contributed by atoms with E-state index in [2.05, 4.69) is 0 Å². The highest BCUT2D eigenvalue weighted by molar-refractivity contribution is 5.90. The largest absolute Gasteiger partial charge is 0.450 e. The molecule has 1 aliphatic carbocycles. The second kappa shape index (κ2) is 4.08. The van der Waals surface area contributed by atoms with Gasteiger partial charge in [0.2, 0.25) is 0 Å². The van der Waals surface area contributed by atoms with Crippen molar-refractivity contribution in [2.24, 2.45) is 5.92 Å². The highest BCUT2D eigenvalue weighted by Gasteiger charge is 2.34. The average Bonchev–Trinajstić information content (AvgIpc) is 2.24. The van der Waals surface area contributed by atoms with Crippen LogP contribution in [0.5, 0.6) is 0 Å². The summed E-state index contributed by atoms with van der Waals surface area (Å²) >= 11 is 0. The summed E-state index contributed by atoms with van der Waals surface area (Å²) in [4.78, 5) is 22.9. The van der Waals surface area contributed by atoms with Gasteiger partial charge in [0, 0.05) is 18.4 Å². The molecule has 0 aromatic heterocycles. The smallest absolute Gasteiger partial charge is 0.303 e. The third kappa shape index (κ3) is 1.85. The molecule has 0 radical (unpaired) electrons. The van der Waals surface area contributed by atoms with Crippen LogP contribution in [0.3, 0.4) is 0 Å². The van der Waals surface area contributed by atoms with Gasteiger partial charge in [0.25, 0.3) is 0 Å². The molecule has 0 bridgehead atoms. The molecule has 16 heavy (non-hydrogen) atoms. The molecule has 0 amide bonds. The summed E-state index contributed by atoms with van der Waals surface area (Å²) in [6.07, 6.45) is 0.0182. The van der Waals surface area contributed by atoms with Crippen LogP contribution in [0, 0.1) is 5.92 Å². The highest BCUT2D eigenvalue weighted by atomic mass is 16.5. The molecule has 0 heterocycles. The molecular weight excluding hydrogens is 204 g/mol. The fraction of sp³-hybridized carbons (Fsp3) is 0.385. The summed E-state index contributed by atoms with van der Waals surface area (Å²) in [5, 5.41) is 0. The molecule has 0 spiro atoms. The number of benzene rings is 1. The van der Waals surface area contributed by atoms with Gasteiger partial charge in [0.15, 0.2) is 11.9 Å². The number of ketones is 1. The summed E-state index contributed by atoms with van der Waals surface area (Å²) in [6, 6.07) is 7.63. The van der Waals surface area contributed by atoms with Crippen molar-refractivity contribution in [2.75, 3.05) is 0 Å². The fourth-order valence-corrected chi connectivity index (χ4v) is 2.11. The lowest BCUT2D eigenvalue weighted by Gasteiger charge is -2.27. The van der Waals surface area contributed by atoms with E-state index in [1.165, 1.54) is 6.92 Å². The van der Waals surface area contributed by atoms with E-state index in [0.29, 0.717) is 0 Å². The van der Waals surface area contributed by atoms with E-state index in [4.69, 9.17) is 4.74 Å². The van der Waals surface area contributed by atoms with Gasteiger partial charge in [0.1, 0.15) is 0 Å². The first-order valence-corrected chi connectivity index (χ1v) is 5.38. The highest BCUT2D eigenvalue weighted by Crippen LogP contribution is 2.32. The Morgan fingerprint density at radius 1 is 1.38 bits per heavy atom.